The van der Waals surface area contributed by atoms with Crippen LogP contribution in [0.1, 0.15) is 15.9 Å². The summed E-state index contributed by atoms with van der Waals surface area (Å²) in [4.78, 5) is 23.5. The van der Waals surface area contributed by atoms with Crippen LogP contribution in [-0.2, 0) is 16.0 Å². The maximum Gasteiger partial charge on any atom is 0.322 e. The third-order valence-corrected chi connectivity index (χ3v) is 3.49. The van der Waals surface area contributed by atoms with E-state index >= 15 is 0 Å². The molecule has 0 atom stereocenters. The van der Waals surface area contributed by atoms with Crippen molar-refractivity contribution >= 4 is 11.8 Å². The molecule has 2 heterocycles. The molecular weight excluding hydrogens is 236 g/mol. The second-order valence-electron chi connectivity index (χ2n) is 4.63. The molecule has 0 unspecified atom stereocenters. The summed E-state index contributed by atoms with van der Waals surface area (Å²) >= 11 is 0. The van der Waals surface area contributed by atoms with Gasteiger partial charge in [-0.2, -0.15) is 0 Å². The van der Waals surface area contributed by atoms with Crippen LogP contribution >= 0.6 is 0 Å². The number of ketones is 1. The first-order valence-corrected chi connectivity index (χ1v) is 5.75. The van der Waals surface area contributed by atoms with Crippen LogP contribution in [0.4, 0.5) is 0 Å². The van der Waals surface area contributed by atoms with Crippen LogP contribution in [0.5, 0.6) is 5.75 Å². The maximum absolute atomic E-state index is 12.3. The molecule has 2 aliphatic rings. The van der Waals surface area contributed by atoms with Crippen LogP contribution in [0.15, 0.2) is 18.2 Å². The standard InChI is InChI=1S/C13H12O5/c14-11(13(12(15)16)6-17-7-13)9-1-2-10-8(5-9)3-4-18-10/h1-2,5H,3-4,6-7H2,(H,15,16). The number of carboxylic acids is 1. The molecular formula is C13H12O5. The Bertz CT molecular complexity index is 530. The van der Waals surface area contributed by atoms with Crippen molar-refractivity contribution in [3.05, 3.63) is 29.3 Å². The first kappa shape index (κ1) is 11.2. The summed E-state index contributed by atoms with van der Waals surface area (Å²) in [6.45, 7) is 0.518. The number of aliphatic carboxylic acids is 1. The van der Waals surface area contributed by atoms with Gasteiger partial charge in [-0.25, -0.2) is 0 Å². The minimum absolute atomic E-state index is 0.0469. The summed E-state index contributed by atoms with van der Waals surface area (Å²) in [5.74, 6) is -0.716. The van der Waals surface area contributed by atoms with Crippen LogP contribution in [0.3, 0.4) is 0 Å². The van der Waals surface area contributed by atoms with Crippen molar-refractivity contribution in [2.75, 3.05) is 19.8 Å². The van der Waals surface area contributed by atoms with E-state index in [2.05, 4.69) is 0 Å². The maximum atomic E-state index is 12.3. The van der Waals surface area contributed by atoms with E-state index < -0.39 is 11.4 Å². The van der Waals surface area contributed by atoms with Gasteiger partial charge in [-0.15, -0.1) is 0 Å². The lowest BCUT2D eigenvalue weighted by Gasteiger charge is -2.35. The molecule has 3 rings (SSSR count). The topological polar surface area (TPSA) is 72.8 Å². The number of fused-ring (bicyclic) bond motifs is 1. The SMILES string of the molecule is O=C(O)C1(C(=O)c2ccc3c(c2)CCO3)COC1. The van der Waals surface area contributed by atoms with Crippen LogP contribution in [0.2, 0.25) is 0 Å². The van der Waals surface area contributed by atoms with Gasteiger partial charge in [-0.3, -0.25) is 9.59 Å². The molecule has 1 N–H and O–H groups in total. The molecule has 94 valence electrons. The predicted molar refractivity (Wildman–Crippen MR) is 60.9 cm³/mol. The summed E-state index contributed by atoms with van der Waals surface area (Å²) in [6, 6.07) is 5.08. The third-order valence-electron chi connectivity index (χ3n) is 3.49. The lowest BCUT2D eigenvalue weighted by Crippen LogP contribution is -2.54. The van der Waals surface area contributed by atoms with E-state index in [1.165, 1.54) is 0 Å². The molecule has 0 saturated carbocycles. The lowest BCUT2D eigenvalue weighted by molar-refractivity contribution is -0.168. The van der Waals surface area contributed by atoms with Crippen LogP contribution in [0, 0.1) is 5.41 Å². The first-order valence-electron chi connectivity index (χ1n) is 5.75. The van der Waals surface area contributed by atoms with Crippen molar-refractivity contribution in [1.82, 2.24) is 0 Å². The zero-order valence-corrected chi connectivity index (χ0v) is 9.64. The second kappa shape index (κ2) is 3.81. The highest BCUT2D eigenvalue weighted by atomic mass is 16.5. The van der Waals surface area contributed by atoms with Gasteiger partial charge < -0.3 is 14.6 Å². The summed E-state index contributed by atoms with van der Waals surface area (Å²) in [5.41, 5.74) is -0.0140. The van der Waals surface area contributed by atoms with Gasteiger partial charge in [0.25, 0.3) is 0 Å². The molecule has 1 aromatic rings. The molecule has 0 bridgehead atoms. The number of rotatable bonds is 3. The van der Waals surface area contributed by atoms with Gasteiger partial charge >= 0.3 is 5.97 Å². The molecule has 0 spiro atoms. The minimum Gasteiger partial charge on any atom is -0.493 e. The summed E-state index contributed by atoms with van der Waals surface area (Å²) in [7, 11) is 0. The van der Waals surface area contributed by atoms with Crippen molar-refractivity contribution in [2.45, 2.75) is 6.42 Å². The van der Waals surface area contributed by atoms with Gasteiger partial charge in [0.05, 0.1) is 19.8 Å². The number of Topliss-reactive ketones (excluding diaryl/α,β-unsaturated/α-hetero) is 1. The number of benzene rings is 1. The Morgan fingerprint density at radius 1 is 1.28 bits per heavy atom. The number of carbonyl (C=O) groups excluding carboxylic acids is 1. The average molecular weight is 248 g/mol. The quantitative estimate of drug-likeness (QED) is 0.635. The fraction of sp³-hybridized carbons (Fsp3) is 0.385. The van der Waals surface area contributed by atoms with E-state index in [1.807, 2.05) is 0 Å². The Morgan fingerprint density at radius 3 is 2.67 bits per heavy atom. The van der Waals surface area contributed by atoms with Crippen molar-refractivity contribution < 1.29 is 24.2 Å². The van der Waals surface area contributed by atoms with E-state index in [4.69, 9.17) is 9.47 Å². The largest absolute Gasteiger partial charge is 0.493 e. The number of ether oxygens (including phenoxy) is 2. The Balaban J connectivity index is 1.95. The molecule has 0 radical (unpaired) electrons. The van der Waals surface area contributed by atoms with E-state index in [9.17, 15) is 14.7 Å². The van der Waals surface area contributed by atoms with Crippen LogP contribution < -0.4 is 4.74 Å². The highest BCUT2D eigenvalue weighted by molar-refractivity contribution is 6.13. The Kier molecular flexibility index (Phi) is 2.38. The number of hydrogen-bond donors (Lipinski definition) is 1. The van der Waals surface area contributed by atoms with Gasteiger partial charge in [0.1, 0.15) is 5.75 Å². The Labute approximate surface area is 103 Å². The molecule has 5 nitrogen and oxygen atoms in total. The molecule has 2 aliphatic heterocycles. The van der Waals surface area contributed by atoms with Gasteiger partial charge in [0.15, 0.2) is 11.2 Å². The first-order chi connectivity index (χ1) is 8.63. The second-order valence-corrected chi connectivity index (χ2v) is 4.63. The molecule has 1 aromatic carbocycles. The zero-order valence-electron chi connectivity index (χ0n) is 9.64. The van der Waals surface area contributed by atoms with Crippen molar-refractivity contribution in [3.63, 3.8) is 0 Å². The molecule has 0 aromatic heterocycles. The monoisotopic (exact) mass is 248 g/mol. The molecule has 0 aliphatic carbocycles. The summed E-state index contributed by atoms with van der Waals surface area (Å²) in [6.07, 6.45) is 0.757. The predicted octanol–water partition coefficient (Wildman–Crippen LogP) is 0.905. The third kappa shape index (κ3) is 1.44. The number of hydrogen-bond acceptors (Lipinski definition) is 4. The Hall–Kier alpha value is -1.88. The highest BCUT2D eigenvalue weighted by Gasteiger charge is 2.53. The average Bonchev–Trinajstić information content (AvgIpc) is 2.73. The van der Waals surface area contributed by atoms with Crippen molar-refractivity contribution in [3.8, 4) is 5.75 Å². The van der Waals surface area contributed by atoms with Crippen molar-refractivity contribution in [1.29, 1.82) is 0 Å². The van der Waals surface area contributed by atoms with Gasteiger partial charge in [-0.1, -0.05) is 0 Å². The van der Waals surface area contributed by atoms with E-state index in [0.717, 1.165) is 17.7 Å². The fourth-order valence-corrected chi connectivity index (χ4v) is 2.26. The van der Waals surface area contributed by atoms with Gasteiger partial charge in [0.2, 0.25) is 0 Å². The molecule has 0 amide bonds. The van der Waals surface area contributed by atoms with Crippen LogP contribution in [-0.4, -0.2) is 36.7 Å². The molecule has 18 heavy (non-hydrogen) atoms. The van der Waals surface area contributed by atoms with Gasteiger partial charge in [0, 0.05) is 12.0 Å². The van der Waals surface area contributed by atoms with E-state index in [-0.39, 0.29) is 19.0 Å². The van der Waals surface area contributed by atoms with E-state index in [1.54, 1.807) is 18.2 Å². The smallest absolute Gasteiger partial charge is 0.322 e. The molecule has 1 fully saturated rings. The zero-order chi connectivity index (χ0) is 12.8. The molecule has 5 heteroatoms. The normalized spacial score (nSPS) is 19.6. The number of carbonyl (C=O) groups is 2. The van der Waals surface area contributed by atoms with Gasteiger partial charge in [-0.05, 0) is 23.8 Å². The van der Waals surface area contributed by atoms with Crippen LogP contribution in [0.25, 0.3) is 0 Å². The van der Waals surface area contributed by atoms with Crippen molar-refractivity contribution in [2.24, 2.45) is 5.41 Å². The van der Waals surface area contributed by atoms with E-state index in [0.29, 0.717) is 12.2 Å². The minimum atomic E-state index is -1.40. The lowest BCUT2D eigenvalue weighted by atomic mass is 9.78. The highest BCUT2D eigenvalue weighted by Crippen LogP contribution is 2.34. The Morgan fingerprint density at radius 2 is 2.06 bits per heavy atom. The summed E-state index contributed by atoms with van der Waals surface area (Å²) < 4.78 is 10.3. The summed E-state index contributed by atoms with van der Waals surface area (Å²) in [5, 5.41) is 9.18. The fourth-order valence-electron chi connectivity index (χ4n) is 2.26. The number of carboxylic acid groups (broad SMARTS) is 1. The molecule has 1 saturated heterocycles.